The van der Waals surface area contributed by atoms with Crippen molar-refractivity contribution in [3.8, 4) is 0 Å². The lowest BCUT2D eigenvalue weighted by Crippen LogP contribution is -3.13. The molecule has 4 atom stereocenters. The minimum atomic E-state index is -0.582. The van der Waals surface area contributed by atoms with Crippen molar-refractivity contribution < 1.29 is 19.5 Å². The van der Waals surface area contributed by atoms with Crippen molar-refractivity contribution >= 4 is 5.97 Å². The molecule has 0 saturated carbocycles. The lowest BCUT2D eigenvalue weighted by Gasteiger charge is -2.29. The van der Waals surface area contributed by atoms with E-state index in [2.05, 4.69) is 19.9 Å². The molecule has 0 spiro atoms. The van der Waals surface area contributed by atoms with E-state index in [9.17, 15) is 9.90 Å². The highest BCUT2D eigenvalue weighted by atomic mass is 16.6. The smallest absolute Gasteiger partial charge is 0.315 e. The van der Waals surface area contributed by atoms with E-state index >= 15 is 0 Å². The van der Waals surface area contributed by atoms with E-state index in [0.717, 1.165) is 38.9 Å². The molecular weight excluding hydrogens is 302 g/mol. The van der Waals surface area contributed by atoms with Gasteiger partial charge in [-0.05, 0) is 46.0 Å². The van der Waals surface area contributed by atoms with Crippen molar-refractivity contribution in [3.05, 3.63) is 23.3 Å². The zero-order chi connectivity index (χ0) is 17.1. The lowest BCUT2D eigenvalue weighted by molar-refractivity contribution is -0.907. The van der Waals surface area contributed by atoms with E-state index in [-0.39, 0.29) is 23.9 Å². The summed E-state index contributed by atoms with van der Waals surface area (Å²) in [7, 11) is 0. The van der Waals surface area contributed by atoms with Gasteiger partial charge < -0.3 is 14.7 Å². The molecule has 0 aromatic heterocycles. The number of nitrogens with one attached hydrogen (secondary N) is 1. The number of piperidine rings is 1. The predicted molar refractivity (Wildman–Crippen MR) is 93.6 cm³/mol. The average Bonchev–Trinajstić information content (AvgIpc) is 2.83. The van der Waals surface area contributed by atoms with E-state index in [1.807, 2.05) is 6.08 Å². The van der Waals surface area contributed by atoms with E-state index in [0.29, 0.717) is 0 Å². The summed E-state index contributed by atoms with van der Waals surface area (Å²) in [5, 5.41) is 10.8. The van der Waals surface area contributed by atoms with E-state index in [1.165, 1.54) is 35.3 Å². The third kappa shape index (κ3) is 4.09. The summed E-state index contributed by atoms with van der Waals surface area (Å²) < 4.78 is 5.75. The van der Waals surface area contributed by atoms with Crippen LogP contribution in [0, 0.1) is 11.8 Å². The van der Waals surface area contributed by atoms with Gasteiger partial charge in [-0.3, -0.25) is 4.79 Å². The number of carbonyl (C=O) groups excluding carboxylic acids is 1. The average molecular weight is 334 g/mol. The minimum absolute atomic E-state index is 0.0970. The van der Waals surface area contributed by atoms with Gasteiger partial charge in [0.05, 0.1) is 25.7 Å². The van der Waals surface area contributed by atoms with Gasteiger partial charge in [0.15, 0.2) is 0 Å². The van der Waals surface area contributed by atoms with Crippen LogP contribution in [0.1, 0.15) is 52.4 Å². The van der Waals surface area contributed by atoms with Gasteiger partial charge in [-0.25, -0.2) is 0 Å². The van der Waals surface area contributed by atoms with Crippen molar-refractivity contribution in [2.24, 2.45) is 11.8 Å². The van der Waals surface area contributed by atoms with E-state index < -0.39 is 6.10 Å². The Kier molecular flexibility index (Phi) is 5.77. The molecule has 2 heterocycles. The molecular formula is C20H32NO3+. The fraction of sp³-hybridized carbons (Fsp3) is 0.750. The molecule has 2 fully saturated rings. The van der Waals surface area contributed by atoms with Gasteiger partial charge in [-0.2, -0.15) is 0 Å². The highest BCUT2D eigenvalue weighted by Gasteiger charge is 2.49. The number of hydrogen-bond donors (Lipinski definition) is 2. The van der Waals surface area contributed by atoms with Gasteiger partial charge in [0, 0.05) is 12.3 Å². The monoisotopic (exact) mass is 334 g/mol. The Hall–Kier alpha value is -1.13. The Morgan fingerprint density at radius 2 is 1.96 bits per heavy atom. The van der Waals surface area contributed by atoms with Gasteiger partial charge in [-0.15, -0.1) is 0 Å². The number of esters is 1. The summed E-state index contributed by atoms with van der Waals surface area (Å²) in [4.78, 5) is 14.1. The molecule has 0 amide bonds. The molecule has 134 valence electrons. The van der Waals surface area contributed by atoms with Crippen LogP contribution in [-0.4, -0.2) is 42.9 Å². The summed E-state index contributed by atoms with van der Waals surface area (Å²) >= 11 is 0. The second-order valence-electron chi connectivity index (χ2n) is 7.97. The van der Waals surface area contributed by atoms with Crippen LogP contribution in [0.4, 0.5) is 0 Å². The molecule has 4 nitrogen and oxygen atoms in total. The van der Waals surface area contributed by atoms with Crippen LogP contribution in [0.2, 0.25) is 0 Å². The number of fused-ring (bicyclic) bond motifs is 1. The summed E-state index contributed by atoms with van der Waals surface area (Å²) in [6, 6.07) is 0. The Labute approximate surface area is 145 Å². The summed E-state index contributed by atoms with van der Waals surface area (Å²) in [6.45, 7) is 7.29. The Bertz CT molecular complexity index is 519. The molecule has 0 radical (unpaired) electrons. The lowest BCUT2D eigenvalue weighted by atomic mass is 9.81. The number of hydrogen-bond acceptors (Lipinski definition) is 3. The maximum absolute atomic E-state index is 12.6. The fourth-order valence-corrected chi connectivity index (χ4v) is 4.59. The highest BCUT2D eigenvalue weighted by Crippen LogP contribution is 2.36. The molecule has 2 aliphatic heterocycles. The standard InChI is InChI=1S/C20H31NO3/c1-14-7-6-8-15(2)12-18-19(17(22)11-14)16(20(23)24-18)13-21-9-4-3-5-10-21/h8,11,16-19,22H,3-7,9-10,12-13H2,1-2H3/p+1/b14-11?,15-8+/t16-,17+,18-,19-/m0/s1. The first-order valence-corrected chi connectivity index (χ1v) is 9.59. The second kappa shape index (κ2) is 7.83. The largest absolute Gasteiger partial charge is 0.461 e. The van der Waals surface area contributed by atoms with Crippen LogP contribution < -0.4 is 4.90 Å². The first kappa shape index (κ1) is 17.7. The zero-order valence-corrected chi connectivity index (χ0v) is 15.1. The molecule has 2 N–H and O–H groups in total. The maximum atomic E-state index is 12.6. The van der Waals surface area contributed by atoms with E-state index in [1.54, 1.807) is 0 Å². The number of aliphatic hydroxyl groups is 1. The van der Waals surface area contributed by atoms with Crippen molar-refractivity contribution in [2.45, 2.75) is 64.6 Å². The quantitative estimate of drug-likeness (QED) is 0.596. The SMILES string of the molecule is CC1=C[C@@H](O)[C@H]2[C@H](C/C(C)=C/CC1)OC(=O)[C@H]2C[NH+]1CCCCC1. The highest BCUT2D eigenvalue weighted by molar-refractivity contribution is 5.75. The van der Waals surface area contributed by atoms with Crippen LogP contribution in [0.25, 0.3) is 0 Å². The third-order valence-electron chi connectivity index (χ3n) is 5.94. The molecule has 1 aliphatic carbocycles. The number of allylic oxidation sites excluding steroid dienone is 2. The van der Waals surface area contributed by atoms with Crippen LogP contribution in [0.5, 0.6) is 0 Å². The molecule has 3 rings (SSSR count). The first-order valence-electron chi connectivity index (χ1n) is 9.59. The number of likely N-dealkylation sites (tertiary alicyclic amines) is 1. The Balaban J connectivity index is 1.81. The minimum Gasteiger partial charge on any atom is -0.461 e. The van der Waals surface area contributed by atoms with E-state index in [4.69, 9.17) is 4.74 Å². The molecule has 4 heteroatoms. The fourth-order valence-electron chi connectivity index (χ4n) is 4.59. The Morgan fingerprint density at radius 1 is 1.21 bits per heavy atom. The molecule has 0 bridgehead atoms. The summed E-state index contributed by atoms with van der Waals surface area (Å²) in [5.41, 5.74) is 2.47. The first-order chi connectivity index (χ1) is 11.5. The van der Waals surface area contributed by atoms with Gasteiger partial charge >= 0.3 is 5.97 Å². The molecule has 0 aromatic rings. The molecule has 3 aliphatic rings. The molecule has 0 aromatic carbocycles. The maximum Gasteiger partial charge on any atom is 0.315 e. The van der Waals surface area contributed by atoms with Crippen LogP contribution in [0.3, 0.4) is 0 Å². The number of rotatable bonds is 2. The van der Waals surface area contributed by atoms with Crippen molar-refractivity contribution in [2.75, 3.05) is 19.6 Å². The van der Waals surface area contributed by atoms with Gasteiger partial charge in [0.2, 0.25) is 0 Å². The number of ether oxygens (including phenoxy) is 1. The number of quaternary nitrogens is 1. The van der Waals surface area contributed by atoms with Crippen molar-refractivity contribution in [1.82, 2.24) is 0 Å². The topological polar surface area (TPSA) is 51.0 Å². The summed E-state index contributed by atoms with van der Waals surface area (Å²) in [5.74, 6) is -0.377. The summed E-state index contributed by atoms with van der Waals surface area (Å²) in [6.07, 6.45) is 9.97. The van der Waals surface area contributed by atoms with Gasteiger partial charge in [-0.1, -0.05) is 23.3 Å². The van der Waals surface area contributed by atoms with Gasteiger partial charge in [0.25, 0.3) is 0 Å². The number of aliphatic hydroxyl groups excluding tert-OH is 1. The molecule has 24 heavy (non-hydrogen) atoms. The van der Waals surface area contributed by atoms with Crippen molar-refractivity contribution in [1.29, 1.82) is 0 Å². The van der Waals surface area contributed by atoms with Crippen molar-refractivity contribution in [3.63, 3.8) is 0 Å². The van der Waals surface area contributed by atoms with Gasteiger partial charge in [0.1, 0.15) is 12.0 Å². The number of carbonyl (C=O) groups is 1. The van der Waals surface area contributed by atoms with Crippen LogP contribution >= 0.6 is 0 Å². The third-order valence-corrected chi connectivity index (χ3v) is 5.94. The van der Waals surface area contributed by atoms with Crippen LogP contribution in [0.15, 0.2) is 23.3 Å². The van der Waals surface area contributed by atoms with Crippen LogP contribution in [-0.2, 0) is 9.53 Å². The normalized spacial score (nSPS) is 37.9. The zero-order valence-electron chi connectivity index (χ0n) is 15.1. The molecule has 0 unspecified atom stereocenters. The molecule has 2 saturated heterocycles. The Morgan fingerprint density at radius 3 is 2.71 bits per heavy atom. The predicted octanol–water partition coefficient (Wildman–Crippen LogP) is 1.65. The second-order valence-corrected chi connectivity index (χ2v) is 7.97.